The van der Waals surface area contributed by atoms with Crippen molar-refractivity contribution in [3.8, 4) is 0 Å². The quantitative estimate of drug-likeness (QED) is 0.596. The van der Waals surface area contributed by atoms with Crippen LogP contribution in [-0.4, -0.2) is 18.5 Å². The van der Waals surface area contributed by atoms with E-state index >= 15 is 0 Å². The number of amides is 1. The normalized spacial score (nSPS) is 14.5. The van der Waals surface area contributed by atoms with Gasteiger partial charge in [0.25, 0.3) is 0 Å². The summed E-state index contributed by atoms with van der Waals surface area (Å²) >= 11 is 0. The van der Waals surface area contributed by atoms with E-state index in [1.807, 2.05) is 0 Å². The molecule has 0 saturated carbocycles. The number of hydrogen-bond donors (Lipinski definition) is 2. The lowest BCUT2D eigenvalue weighted by atomic mass is 10.0. The minimum absolute atomic E-state index is 0.188. The maximum atomic E-state index is 11.5. The van der Waals surface area contributed by atoms with Gasteiger partial charge >= 0.3 is 0 Å². The molecule has 3 N–H and O–H groups in total. The van der Waals surface area contributed by atoms with Crippen LogP contribution in [0.2, 0.25) is 0 Å². The molecule has 0 aromatic rings. The molecule has 0 aromatic carbocycles. The number of unbranched alkanes of at least 4 members (excludes halogenated alkanes) is 2. The minimum Gasteiger partial charge on any atom is -0.354 e. The van der Waals surface area contributed by atoms with Crippen molar-refractivity contribution in [1.82, 2.24) is 5.32 Å². The van der Waals surface area contributed by atoms with Gasteiger partial charge in [-0.25, -0.2) is 0 Å². The van der Waals surface area contributed by atoms with Crippen LogP contribution in [0.1, 0.15) is 59.3 Å². The van der Waals surface area contributed by atoms with Crippen molar-refractivity contribution in [3.63, 3.8) is 0 Å². The van der Waals surface area contributed by atoms with Gasteiger partial charge in [-0.2, -0.15) is 0 Å². The highest BCUT2D eigenvalue weighted by molar-refractivity contribution is 5.76. The maximum absolute atomic E-state index is 11.5. The molecule has 3 heteroatoms. The number of hydrogen-bond acceptors (Lipinski definition) is 2. The molecule has 2 unspecified atom stereocenters. The van der Waals surface area contributed by atoms with Crippen molar-refractivity contribution in [2.24, 2.45) is 11.7 Å². The Labute approximate surface area is 100 Å². The van der Waals surface area contributed by atoms with Crippen molar-refractivity contribution in [3.05, 3.63) is 0 Å². The van der Waals surface area contributed by atoms with Crippen LogP contribution in [-0.2, 0) is 4.79 Å². The smallest absolute Gasteiger partial charge is 0.220 e. The molecule has 0 spiro atoms. The summed E-state index contributed by atoms with van der Waals surface area (Å²) in [6.07, 6.45) is 5.94. The Kier molecular flexibility index (Phi) is 9.30. The zero-order valence-electron chi connectivity index (χ0n) is 11.1. The summed E-state index contributed by atoms with van der Waals surface area (Å²) in [5.74, 6) is 0.875. The first-order chi connectivity index (χ1) is 7.60. The summed E-state index contributed by atoms with van der Waals surface area (Å²) in [5, 5.41) is 3.05. The Hall–Kier alpha value is -0.570. The molecule has 0 rings (SSSR count). The van der Waals surface area contributed by atoms with Crippen LogP contribution >= 0.6 is 0 Å². The van der Waals surface area contributed by atoms with E-state index in [1.165, 1.54) is 6.42 Å². The first kappa shape index (κ1) is 15.4. The molecule has 0 fully saturated rings. The molecule has 96 valence electrons. The molecule has 16 heavy (non-hydrogen) atoms. The van der Waals surface area contributed by atoms with Crippen LogP contribution in [0.25, 0.3) is 0 Å². The Balaban J connectivity index is 3.54. The Morgan fingerprint density at radius 3 is 2.50 bits per heavy atom. The Bertz CT molecular complexity index is 183. The standard InChI is InChI=1S/C13H28N2O/c1-4-11(2)10-12(3)15-13(16)8-6-5-7-9-14/h11-12H,4-10,14H2,1-3H3,(H,15,16). The lowest BCUT2D eigenvalue weighted by Crippen LogP contribution is -2.33. The van der Waals surface area contributed by atoms with Gasteiger partial charge in [0, 0.05) is 12.5 Å². The van der Waals surface area contributed by atoms with Gasteiger partial charge < -0.3 is 11.1 Å². The summed E-state index contributed by atoms with van der Waals surface area (Å²) in [6, 6.07) is 0.303. The zero-order chi connectivity index (χ0) is 12.4. The summed E-state index contributed by atoms with van der Waals surface area (Å²) in [7, 11) is 0. The van der Waals surface area contributed by atoms with Crippen LogP contribution in [0.15, 0.2) is 0 Å². The average Bonchev–Trinajstić information content (AvgIpc) is 2.24. The summed E-state index contributed by atoms with van der Waals surface area (Å²) in [4.78, 5) is 11.5. The Morgan fingerprint density at radius 2 is 1.94 bits per heavy atom. The molecule has 0 aromatic heterocycles. The van der Waals surface area contributed by atoms with E-state index in [9.17, 15) is 4.79 Å². The summed E-state index contributed by atoms with van der Waals surface area (Å²) in [5.41, 5.74) is 5.40. The molecule has 0 heterocycles. The SMILES string of the molecule is CCC(C)CC(C)NC(=O)CCCCCN. The van der Waals surface area contributed by atoms with Gasteiger partial charge in [0.05, 0.1) is 0 Å². The Morgan fingerprint density at radius 1 is 1.25 bits per heavy atom. The van der Waals surface area contributed by atoms with Gasteiger partial charge in [-0.1, -0.05) is 26.7 Å². The predicted molar refractivity (Wildman–Crippen MR) is 69.2 cm³/mol. The number of carbonyl (C=O) groups excluding carboxylic acids is 1. The topological polar surface area (TPSA) is 55.1 Å². The van der Waals surface area contributed by atoms with Gasteiger partial charge in [0.1, 0.15) is 0 Å². The molecular formula is C13H28N2O. The number of rotatable bonds is 9. The van der Waals surface area contributed by atoms with E-state index in [4.69, 9.17) is 5.73 Å². The van der Waals surface area contributed by atoms with Crippen LogP contribution < -0.4 is 11.1 Å². The minimum atomic E-state index is 0.188. The second-order valence-electron chi connectivity index (χ2n) is 4.82. The largest absolute Gasteiger partial charge is 0.354 e. The van der Waals surface area contributed by atoms with E-state index in [0.29, 0.717) is 18.4 Å². The molecule has 1 amide bonds. The molecule has 3 nitrogen and oxygen atoms in total. The lowest BCUT2D eigenvalue weighted by molar-refractivity contribution is -0.121. The van der Waals surface area contributed by atoms with Crippen LogP contribution in [0.3, 0.4) is 0 Å². The second kappa shape index (κ2) is 9.64. The van der Waals surface area contributed by atoms with E-state index in [1.54, 1.807) is 0 Å². The van der Waals surface area contributed by atoms with Crippen molar-refractivity contribution in [2.45, 2.75) is 65.3 Å². The van der Waals surface area contributed by atoms with Crippen LogP contribution in [0.4, 0.5) is 0 Å². The highest BCUT2D eigenvalue weighted by atomic mass is 16.1. The zero-order valence-corrected chi connectivity index (χ0v) is 11.1. The van der Waals surface area contributed by atoms with E-state index in [-0.39, 0.29) is 5.91 Å². The van der Waals surface area contributed by atoms with Gasteiger partial charge in [0.2, 0.25) is 5.91 Å². The van der Waals surface area contributed by atoms with Gasteiger partial charge in [-0.3, -0.25) is 4.79 Å². The first-order valence-electron chi connectivity index (χ1n) is 6.59. The fourth-order valence-corrected chi connectivity index (χ4v) is 1.78. The second-order valence-corrected chi connectivity index (χ2v) is 4.82. The third-order valence-corrected chi connectivity index (χ3v) is 2.97. The highest BCUT2D eigenvalue weighted by Gasteiger charge is 2.09. The fraction of sp³-hybridized carbons (Fsp3) is 0.923. The maximum Gasteiger partial charge on any atom is 0.220 e. The fourth-order valence-electron chi connectivity index (χ4n) is 1.78. The van der Waals surface area contributed by atoms with Gasteiger partial charge in [-0.15, -0.1) is 0 Å². The molecule has 0 aliphatic heterocycles. The van der Waals surface area contributed by atoms with Crippen molar-refractivity contribution < 1.29 is 4.79 Å². The van der Waals surface area contributed by atoms with Crippen molar-refractivity contribution >= 4 is 5.91 Å². The third kappa shape index (κ3) is 8.72. The molecule has 0 saturated heterocycles. The van der Waals surface area contributed by atoms with Crippen molar-refractivity contribution in [1.29, 1.82) is 0 Å². The predicted octanol–water partition coefficient (Wildman–Crippen LogP) is 2.45. The highest BCUT2D eigenvalue weighted by Crippen LogP contribution is 2.09. The molecule has 2 atom stereocenters. The number of nitrogens with one attached hydrogen (secondary N) is 1. The molecule has 0 bridgehead atoms. The molecule has 0 aliphatic carbocycles. The first-order valence-corrected chi connectivity index (χ1v) is 6.59. The number of carbonyl (C=O) groups is 1. The van der Waals surface area contributed by atoms with Crippen LogP contribution in [0.5, 0.6) is 0 Å². The van der Waals surface area contributed by atoms with Crippen molar-refractivity contribution in [2.75, 3.05) is 6.54 Å². The van der Waals surface area contributed by atoms with E-state index in [2.05, 4.69) is 26.1 Å². The molecular weight excluding hydrogens is 200 g/mol. The monoisotopic (exact) mass is 228 g/mol. The third-order valence-electron chi connectivity index (χ3n) is 2.97. The summed E-state index contributed by atoms with van der Waals surface area (Å²) < 4.78 is 0. The lowest BCUT2D eigenvalue weighted by Gasteiger charge is -2.17. The van der Waals surface area contributed by atoms with Gasteiger partial charge in [-0.05, 0) is 38.6 Å². The summed E-state index contributed by atoms with van der Waals surface area (Å²) in [6.45, 7) is 7.23. The van der Waals surface area contributed by atoms with E-state index < -0.39 is 0 Å². The van der Waals surface area contributed by atoms with Crippen LogP contribution in [0, 0.1) is 5.92 Å². The molecule has 0 aliphatic rings. The number of nitrogens with two attached hydrogens (primary N) is 1. The molecule has 0 radical (unpaired) electrons. The average molecular weight is 228 g/mol. The van der Waals surface area contributed by atoms with E-state index in [0.717, 1.165) is 32.2 Å². The van der Waals surface area contributed by atoms with Gasteiger partial charge in [0.15, 0.2) is 0 Å².